The van der Waals surface area contributed by atoms with Gasteiger partial charge in [0.2, 0.25) is 5.91 Å². The molecule has 23 heavy (non-hydrogen) atoms. The summed E-state index contributed by atoms with van der Waals surface area (Å²) < 4.78 is 10.5. The molecule has 0 fully saturated rings. The van der Waals surface area contributed by atoms with E-state index >= 15 is 0 Å². The van der Waals surface area contributed by atoms with E-state index in [1.54, 1.807) is 21.1 Å². The molecular weight excluding hydrogens is 316 g/mol. The summed E-state index contributed by atoms with van der Waals surface area (Å²) in [7, 11) is 3.17. The molecule has 0 aliphatic carbocycles. The molecule has 1 aromatic heterocycles. The molecule has 6 nitrogen and oxygen atoms in total. The number of aromatic nitrogens is 1. The second kappa shape index (κ2) is 7.94. The lowest BCUT2D eigenvalue weighted by Crippen LogP contribution is -2.36. The van der Waals surface area contributed by atoms with E-state index in [0.717, 1.165) is 10.6 Å². The average molecular weight is 336 g/mol. The first-order valence-corrected chi connectivity index (χ1v) is 8.02. The Kier molecular flexibility index (Phi) is 5.95. The number of aliphatic hydroxyl groups is 1. The van der Waals surface area contributed by atoms with Crippen molar-refractivity contribution in [1.82, 2.24) is 10.3 Å². The summed E-state index contributed by atoms with van der Waals surface area (Å²) in [6.07, 6.45) is 0.189. The Labute approximate surface area is 139 Å². The molecule has 0 radical (unpaired) electrons. The number of carbonyl (C=O) groups is 1. The van der Waals surface area contributed by atoms with Crippen molar-refractivity contribution in [3.8, 4) is 22.1 Å². The smallest absolute Gasteiger partial charge is 0.226 e. The predicted octanol–water partition coefficient (Wildman–Crippen LogP) is 1.87. The maximum Gasteiger partial charge on any atom is 0.226 e. The van der Waals surface area contributed by atoms with Crippen molar-refractivity contribution in [1.29, 1.82) is 0 Å². The van der Waals surface area contributed by atoms with Crippen LogP contribution < -0.4 is 14.8 Å². The van der Waals surface area contributed by atoms with Gasteiger partial charge in [-0.15, -0.1) is 11.3 Å². The van der Waals surface area contributed by atoms with Gasteiger partial charge in [0.1, 0.15) is 5.01 Å². The summed E-state index contributed by atoms with van der Waals surface area (Å²) in [5, 5.41) is 14.3. The second-order valence-corrected chi connectivity index (χ2v) is 5.90. The van der Waals surface area contributed by atoms with E-state index in [9.17, 15) is 4.79 Å². The summed E-state index contributed by atoms with van der Waals surface area (Å²) in [6.45, 7) is 1.66. The van der Waals surface area contributed by atoms with Crippen LogP contribution in [0.3, 0.4) is 0 Å². The van der Waals surface area contributed by atoms with Crippen LogP contribution in [0.4, 0.5) is 0 Å². The second-order valence-electron chi connectivity index (χ2n) is 5.04. The highest BCUT2D eigenvalue weighted by Crippen LogP contribution is 2.33. The Balaban J connectivity index is 2.11. The first-order chi connectivity index (χ1) is 11.1. The van der Waals surface area contributed by atoms with Crippen LogP contribution in [0.5, 0.6) is 11.5 Å². The Morgan fingerprint density at radius 1 is 1.35 bits per heavy atom. The number of aliphatic hydroxyl groups excluding tert-OH is 1. The molecule has 1 unspecified atom stereocenters. The highest BCUT2D eigenvalue weighted by Gasteiger charge is 2.12. The molecule has 0 aliphatic heterocycles. The van der Waals surface area contributed by atoms with Crippen LogP contribution in [0, 0.1) is 0 Å². The molecule has 7 heteroatoms. The Bertz CT molecular complexity index is 672. The fourth-order valence-corrected chi connectivity index (χ4v) is 2.84. The third kappa shape index (κ3) is 4.43. The maximum atomic E-state index is 11.8. The minimum Gasteiger partial charge on any atom is -0.493 e. The van der Waals surface area contributed by atoms with Gasteiger partial charge in [-0.3, -0.25) is 4.79 Å². The van der Waals surface area contributed by atoms with Gasteiger partial charge in [-0.25, -0.2) is 4.98 Å². The molecule has 2 N–H and O–H groups in total. The fourth-order valence-electron chi connectivity index (χ4n) is 2.03. The van der Waals surface area contributed by atoms with Gasteiger partial charge in [-0.2, -0.15) is 0 Å². The van der Waals surface area contributed by atoms with Crippen LogP contribution in [0.25, 0.3) is 10.6 Å². The van der Waals surface area contributed by atoms with E-state index in [-0.39, 0.29) is 25.0 Å². The SMILES string of the molecule is COc1ccc(-c2nc(CC(=O)NC(C)CO)cs2)cc1OC. The van der Waals surface area contributed by atoms with Crippen molar-refractivity contribution in [2.24, 2.45) is 0 Å². The first kappa shape index (κ1) is 17.2. The van der Waals surface area contributed by atoms with E-state index in [4.69, 9.17) is 14.6 Å². The molecule has 0 saturated heterocycles. The third-order valence-electron chi connectivity index (χ3n) is 3.21. The Morgan fingerprint density at radius 2 is 2.09 bits per heavy atom. The number of nitrogens with zero attached hydrogens (tertiary/aromatic N) is 1. The number of rotatable bonds is 7. The third-order valence-corrected chi connectivity index (χ3v) is 4.15. The van der Waals surface area contributed by atoms with Gasteiger partial charge in [-0.05, 0) is 25.1 Å². The highest BCUT2D eigenvalue weighted by molar-refractivity contribution is 7.13. The van der Waals surface area contributed by atoms with Crippen LogP contribution in [-0.4, -0.2) is 42.9 Å². The number of methoxy groups -OCH3 is 2. The summed E-state index contributed by atoms with van der Waals surface area (Å²) in [5.41, 5.74) is 1.60. The monoisotopic (exact) mass is 336 g/mol. The van der Waals surface area contributed by atoms with Gasteiger partial charge < -0.3 is 19.9 Å². The lowest BCUT2D eigenvalue weighted by molar-refractivity contribution is -0.121. The lowest BCUT2D eigenvalue weighted by atomic mass is 10.2. The van der Waals surface area contributed by atoms with Crippen molar-refractivity contribution < 1.29 is 19.4 Å². The number of carbonyl (C=O) groups excluding carboxylic acids is 1. The summed E-state index contributed by atoms with van der Waals surface area (Å²) in [5.74, 6) is 1.14. The Hall–Kier alpha value is -2.12. The highest BCUT2D eigenvalue weighted by atomic mass is 32.1. The predicted molar refractivity (Wildman–Crippen MR) is 89.0 cm³/mol. The van der Waals surface area contributed by atoms with Gasteiger partial charge >= 0.3 is 0 Å². The van der Waals surface area contributed by atoms with Crippen molar-refractivity contribution in [3.05, 3.63) is 29.3 Å². The fraction of sp³-hybridized carbons (Fsp3) is 0.375. The molecule has 1 atom stereocenters. The van der Waals surface area contributed by atoms with Gasteiger partial charge in [-0.1, -0.05) is 0 Å². The van der Waals surface area contributed by atoms with Crippen LogP contribution >= 0.6 is 11.3 Å². The summed E-state index contributed by atoms with van der Waals surface area (Å²) in [4.78, 5) is 16.3. The topological polar surface area (TPSA) is 80.7 Å². The van der Waals surface area contributed by atoms with Crippen LogP contribution in [0.15, 0.2) is 23.6 Å². The van der Waals surface area contributed by atoms with Crippen molar-refractivity contribution in [2.75, 3.05) is 20.8 Å². The molecular formula is C16H20N2O4S. The molecule has 1 amide bonds. The molecule has 0 bridgehead atoms. The van der Waals surface area contributed by atoms with Crippen LogP contribution in [-0.2, 0) is 11.2 Å². The number of ether oxygens (including phenoxy) is 2. The minimum atomic E-state index is -0.258. The lowest BCUT2D eigenvalue weighted by Gasteiger charge is -2.09. The zero-order valence-electron chi connectivity index (χ0n) is 13.3. The van der Waals surface area contributed by atoms with E-state index in [1.165, 1.54) is 11.3 Å². The quantitative estimate of drug-likeness (QED) is 0.807. The molecule has 1 aromatic carbocycles. The van der Waals surface area contributed by atoms with E-state index < -0.39 is 0 Å². The number of hydrogen-bond acceptors (Lipinski definition) is 6. The van der Waals surface area contributed by atoms with Crippen molar-refractivity contribution in [3.63, 3.8) is 0 Å². The number of benzene rings is 1. The number of thiazole rings is 1. The van der Waals surface area contributed by atoms with Crippen molar-refractivity contribution in [2.45, 2.75) is 19.4 Å². The van der Waals surface area contributed by atoms with Gasteiger partial charge in [0, 0.05) is 17.0 Å². The molecule has 0 spiro atoms. The zero-order valence-corrected chi connectivity index (χ0v) is 14.1. The maximum absolute atomic E-state index is 11.8. The standard InChI is InChI=1S/C16H20N2O4S/c1-10(8-19)17-15(20)7-12-9-23-16(18-12)11-4-5-13(21-2)14(6-11)22-3/h4-6,9-10,19H,7-8H2,1-3H3,(H,17,20). The summed E-state index contributed by atoms with van der Waals surface area (Å²) in [6, 6.07) is 5.32. The van der Waals surface area contributed by atoms with E-state index in [2.05, 4.69) is 10.3 Å². The number of amides is 1. The molecule has 124 valence electrons. The molecule has 1 heterocycles. The van der Waals surface area contributed by atoms with Crippen LogP contribution in [0.2, 0.25) is 0 Å². The van der Waals surface area contributed by atoms with Gasteiger partial charge in [0.05, 0.1) is 32.9 Å². The van der Waals surface area contributed by atoms with E-state index in [0.29, 0.717) is 17.2 Å². The van der Waals surface area contributed by atoms with Crippen molar-refractivity contribution >= 4 is 17.2 Å². The molecule has 2 aromatic rings. The number of nitrogens with one attached hydrogen (secondary N) is 1. The van der Waals surface area contributed by atoms with Crippen LogP contribution in [0.1, 0.15) is 12.6 Å². The zero-order chi connectivity index (χ0) is 16.8. The normalized spacial score (nSPS) is 11.8. The van der Waals surface area contributed by atoms with Gasteiger partial charge in [0.15, 0.2) is 11.5 Å². The largest absolute Gasteiger partial charge is 0.493 e. The number of hydrogen-bond donors (Lipinski definition) is 2. The van der Waals surface area contributed by atoms with E-state index in [1.807, 2.05) is 23.6 Å². The van der Waals surface area contributed by atoms with Gasteiger partial charge in [0.25, 0.3) is 0 Å². The average Bonchev–Trinajstić information content (AvgIpc) is 3.02. The first-order valence-electron chi connectivity index (χ1n) is 7.14. The Morgan fingerprint density at radius 3 is 2.74 bits per heavy atom. The molecule has 2 rings (SSSR count). The summed E-state index contributed by atoms with van der Waals surface area (Å²) >= 11 is 1.47. The molecule has 0 aliphatic rings. The molecule has 0 saturated carbocycles. The minimum absolute atomic E-state index is 0.0836.